The molecule has 1 heterocycles. The van der Waals surface area contributed by atoms with Gasteiger partial charge in [0.05, 0.1) is 0 Å². The van der Waals surface area contributed by atoms with E-state index in [2.05, 4.69) is 5.32 Å². The molecule has 0 saturated carbocycles. The van der Waals surface area contributed by atoms with E-state index in [1.807, 2.05) is 0 Å². The van der Waals surface area contributed by atoms with Gasteiger partial charge in [0.2, 0.25) is 10.0 Å². The lowest BCUT2D eigenvalue weighted by Gasteiger charge is -2.08. The van der Waals surface area contributed by atoms with Gasteiger partial charge in [0.25, 0.3) is 5.91 Å². The van der Waals surface area contributed by atoms with E-state index in [0.717, 1.165) is 9.87 Å². The summed E-state index contributed by atoms with van der Waals surface area (Å²) in [4.78, 5) is 23.2. The first-order valence-electron chi connectivity index (χ1n) is 7.82. The van der Waals surface area contributed by atoms with E-state index < -0.39 is 21.9 Å². The van der Waals surface area contributed by atoms with Gasteiger partial charge in [0.15, 0.2) is 0 Å². The van der Waals surface area contributed by atoms with Crippen LogP contribution in [0.25, 0.3) is 0 Å². The molecule has 8 nitrogen and oxygen atoms in total. The fourth-order valence-electron chi connectivity index (χ4n) is 2.36. The van der Waals surface area contributed by atoms with E-state index in [9.17, 15) is 18.0 Å². The number of anilines is 1. The van der Waals surface area contributed by atoms with Gasteiger partial charge in [0, 0.05) is 39.4 Å². The number of hydrogen-bond acceptors (Lipinski definition) is 4. The number of carbonyl (C=O) groups is 2. The Balaban J connectivity index is 2.20. The molecule has 1 aromatic carbocycles. The van der Waals surface area contributed by atoms with E-state index in [1.54, 1.807) is 31.3 Å². The highest BCUT2D eigenvalue weighted by molar-refractivity contribution is 7.89. The van der Waals surface area contributed by atoms with Crippen LogP contribution in [0.4, 0.5) is 5.69 Å². The van der Waals surface area contributed by atoms with Crippen molar-refractivity contribution in [2.75, 3.05) is 19.4 Å². The fraction of sp³-hybridized carbons (Fsp3) is 0.294. The van der Waals surface area contributed by atoms with Crippen LogP contribution in [0.3, 0.4) is 0 Å². The zero-order valence-electron chi connectivity index (χ0n) is 14.8. The molecule has 0 saturated heterocycles. The number of hydrogen-bond donors (Lipinski definition) is 2. The summed E-state index contributed by atoms with van der Waals surface area (Å²) in [5.74, 6) is -1.35. The predicted octanol–water partition coefficient (Wildman–Crippen LogP) is 1.54. The minimum atomic E-state index is -3.63. The van der Waals surface area contributed by atoms with Crippen LogP contribution < -0.4 is 5.32 Å². The summed E-state index contributed by atoms with van der Waals surface area (Å²) >= 11 is 0. The maximum Gasteiger partial charge on any atom is 0.303 e. The molecule has 1 aromatic heterocycles. The SMILES string of the molecule is CN(C)S(=O)(=O)c1cc(C(=O)Nc2cccc(CCC(=O)O)c2)n(C)c1. The van der Waals surface area contributed by atoms with Gasteiger partial charge in [-0.25, -0.2) is 12.7 Å². The molecule has 0 aliphatic carbocycles. The molecule has 0 unspecified atom stereocenters. The number of amides is 1. The van der Waals surface area contributed by atoms with Gasteiger partial charge in [-0.05, 0) is 30.2 Å². The molecule has 0 radical (unpaired) electrons. The lowest BCUT2D eigenvalue weighted by atomic mass is 10.1. The number of aromatic nitrogens is 1. The third-order valence-corrected chi connectivity index (χ3v) is 5.58. The quantitative estimate of drug-likeness (QED) is 0.759. The average Bonchev–Trinajstić information content (AvgIpc) is 2.96. The van der Waals surface area contributed by atoms with E-state index >= 15 is 0 Å². The molecule has 0 atom stereocenters. The highest BCUT2D eigenvalue weighted by atomic mass is 32.2. The normalized spacial score (nSPS) is 11.5. The first-order chi connectivity index (χ1) is 12.1. The Kier molecular flexibility index (Phi) is 5.83. The Morgan fingerprint density at radius 1 is 1.23 bits per heavy atom. The molecule has 0 spiro atoms. The van der Waals surface area contributed by atoms with Crippen molar-refractivity contribution in [2.45, 2.75) is 17.7 Å². The molecule has 0 aliphatic rings. The Morgan fingerprint density at radius 3 is 2.54 bits per heavy atom. The van der Waals surface area contributed by atoms with Gasteiger partial charge in [-0.2, -0.15) is 0 Å². The van der Waals surface area contributed by atoms with Crippen molar-refractivity contribution in [3.63, 3.8) is 0 Å². The summed E-state index contributed by atoms with van der Waals surface area (Å²) in [6.45, 7) is 0. The van der Waals surface area contributed by atoms with Crippen LogP contribution in [-0.4, -0.2) is 48.4 Å². The lowest BCUT2D eigenvalue weighted by Crippen LogP contribution is -2.21. The van der Waals surface area contributed by atoms with E-state index in [4.69, 9.17) is 5.11 Å². The highest BCUT2D eigenvalue weighted by Crippen LogP contribution is 2.18. The van der Waals surface area contributed by atoms with E-state index in [-0.39, 0.29) is 17.0 Å². The maximum absolute atomic E-state index is 12.5. The van der Waals surface area contributed by atoms with Crippen LogP contribution in [-0.2, 0) is 28.3 Å². The largest absolute Gasteiger partial charge is 0.481 e. The molecular weight excluding hydrogens is 358 g/mol. The average molecular weight is 379 g/mol. The topological polar surface area (TPSA) is 109 Å². The van der Waals surface area contributed by atoms with Crippen LogP contribution in [0.2, 0.25) is 0 Å². The number of carboxylic acids is 1. The molecule has 0 bridgehead atoms. The second-order valence-electron chi connectivity index (χ2n) is 6.01. The Labute approximate surface area is 152 Å². The number of nitrogens with one attached hydrogen (secondary N) is 1. The number of sulfonamides is 1. The van der Waals surface area contributed by atoms with Crippen LogP contribution in [0, 0.1) is 0 Å². The number of nitrogens with zero attached hydrogens (tertiary/aromatic N) is 2. The molecule has 9 heteroatoms. The molecule has 2 rings (SSSR count). The first-order valence-corrected chi connectivity index (χ1v) is 9.26. The van der Waals surface area contributed by atoms with Crippen molar-refractivity contribution in [3.05, 3.63) is 47.8 Å². The monoisotopic (exact) mass is 379 g/mol. The van der Waals surface area contributed by atoms with Gasteiger partial charge in [-0.3, -0.25) is 9.59 Å². The standard InChI is InChI=1S/C17H21N3O5S/c1-19(2)26(24,25)14-10-15(20(3)11-14)17(23)18-13-6-4-5-12(9-13)7-8-16(21)22/h4-6,9-11H,7-8H2,1-3H3,(H,18,23)(H,21,22). The number of benzene rings is 1. The number of aliphatic carboxylic acids is 1. The van der Waals surface area contributed by atoms with Crippen LogP contribution in [0.15, 0.2) is 41.4 Å². The predicted molar refractivity (Wildman–Crippen MR) is 96.6 cm³/mol. The summed E-state index contributed by atoms with van der Waals surface area (Å²) in [7, 11) is 0.803. The third-order valence-electron chi connectivity index (χ3n) is 3.80. The van der Waals surface area contributed by atoms with Crippen LogP contribution in [0.1, 0.15) is 22.5 Å². The summed E-state index contributed by atoms with van der Waals surface area (Å²) in [6, 6.07) is 8.20. The van der Waals surface area contributed by atoms with Crippen molar-refractivity contribution in [2.24, 2.45) is 7.05 Å². The second-order valence-corrected chi connectivity index (χ2v) is 8.16. The van der Waals surface area contributed by atoms with Gasteiger partial charge in [0.1, 0.15) is 10.6 Å². The van der Waals surface area contributed by atoms with Gasteiger partial charge in [-0.1, -0.05) is 12.1 Å². The van der Waals surface area contributed by atoms with Crippen LogP contribution in [0.5, 0.6) is 0 Å². The fourth-order valence-corrected chi connectivity index (χ4v) is 3.34. The maximum atomic E-state index is 12.5. The Bertz CT molecular complexity index is 932. The molecule has 2 aromatic rings. The van der Waals surface area contributed by atoms with Gasteiger partial charge in [-0.15, -0.1) is 0 Å². The summed E-state index contributed by atoms with van der Waals surface area (Å²) in [5.41, 5.74) is 1.49. The smallest absolute Gasteiger partial charge is 0.303 e. The van der Waals surface area contributed by atoms with Crippen molar-refractivity contribution in [1.82, 2.24) is 8.87 Å². The molecule has 2 N–H and O–H groups in total. The molecule has 140 valence electrons. The molecule has 0 fully saturated rings. The third kappa shape index (κ3) is 4.50. The van der Waals surface area contributed by atoms with Gasteiger partial charge >= 0.3 is 5.97 Å². The summed E-state index contributed by atoms with van der Waals surface area (Å²) < 4.78 is 26.9. The molecule has 0 aliphatic heterocycles. The minimum absolute atomic E-state index is 0.000958. The zero-order chi connectivity index (χ0) is 19.5. The van der Waals surface area contributed by atoms with Gasteiger partial charge < -0.3 is 15.0 Å². The number of aryl methyl sites for hydroxylation is 2. The van der Waals surface area contributed by atoms with Crippen molar-refractivity contribution < 1.29 is 23.1 Å². The Morgan fingerprint density at radius 2 is 1.92 bits per heavy atom. The summed E-state index contributed by atoms with van der Waals surface area (Å²) in [5, 5.41) is 11.5. The summed E-state index contributed by atoms with van der Waals surface area (Å²) in [6.07, 6.45) is 1.74. The Hall–Kier alpha value is -2.65. The first kappa shape index (κ1) is 19.7. The van der Waals surface area contributed by atoms with Crippen molar-refractivity contribution >= 4 is 27.6 Å². The second kappa shape index (κ2) is 7.71. The van der Waals surface area contributed by atoms with Crippen LogP contribution >= 0.6 is 0 Å². The minimum Gasteiger partial charge on any atom is -0.481 e. The number of rotatable bonds is 7. The lowest BCUT2D eigenvalue weighted by molar-refractivity contribution is -0.136. The van der Waals surface area contributed by atoms with E-state index in [1.165, 1.54) is 30.9 Å². The number of carbonyl (C=O) groups excluding carboxylic acids is 1. The van der Waals surface area contributed by atoms with Crippen molar-refractivity contribution in [3.8, 4) is 0 Å². The zero-order valence-corrected chi connectivity index (χ0v) is 15.6. The molecule has 26 heavy (non-hydrogen) atoms. The molecular formula is C17H21N3O5S. The van der Waals surface area contributed by atoms with Crippen molar-refractivity contribution in [1.29, 1.82) is 0 Å². The highest BCUT2D eigenvalue weighted by Gasteiger charge is 2.22. The van der Waals surface area contributed by atoms with E-state index in [0.29, 0.717) is 12.1 Å². The number of carboxylic acid groups (broad SMARTS) is 1. The molecule has 1 amide bonds.